The van der Waals surface area contributed by atoms with Gasteiger partial charge in [-0.3, -0.25) is 14.4 Å². The summed E-state index contributed by atoms with van der Waals surface area (Å²) in [6.07, 6.45) is -2.72. The Bertz CT molecular complexity index is 1750. The molecule has 4 aromatic carbocycles. The number of carbonyl (C=O) groups is 3. The Morgan fingerprint density at radius 2 is 1.65 bits per heavy atom. The normalized spacial score (nSPS) is 12.2. The van der Waals surface area contributed by atoms with Gasteiger partial charge in [0.2, 0.25) is 5.91 Å². The van der Waals surface area contributed by atoms with Crippen molar-refractivity contribution < 1.29 is 32.3 Å². The average molecular weight is 668 g/mol. The number of rotatable bonds is 11. The van der Waals surface area contributed by atoms with E-state index in [9.17, 15) is 27.6 Å². The molecule has 1 unspecified atom stereocenters. The summed E-state index contributed by atoms with van der Waals surface area (Å²) in [6.45, 7) is 1.77. The third-order valence-electron chi connectivity index (χ3n) is 6.52. The molecule has 238 valence electrons. The lowest BCUT2D eigenvalue weighted by Gasteiger charge is -2.17. The SMILES string of the molecule is CCC(Sc1cccc(NC(=O)/C(=C/c2cccc(OC)c2)NC(=O)c2ccccc2)c1)C(=O)Nc1cc(C(F)(F)F)ccc1Cl. The first kappa shape index (κ1) is 34.1. The summed E-state index contributed by atoms with van der Waals surface area (Å²) in [5.74, 6) is -1.04. The van der Waals surface area contributed by atoms with Crippen LogP contribution in [0.5, 0.6) is 5.75 Å². The van der Waals surface area contributed by atoms with Crippen LogP contribution in [0.3, 0.4) is 0 Å². The molecule has 0 saturated carbocycles. The van der Waals surface area contributed by atoms with Gasteiger partial charge in [0.05, 0.1) is 28.6 Å². The fourth-order valence-corrected chi connectivity index (χ4v) is 5.36. The Balaban J connectivity index is 1.51. The molecule has 3 N–H and O–H groups in total. The van der Waals surface area contributed by atoms with Gasteiger partial charge in [0, 0.05) is 16.1 Å². The van der Waals surface area contributed by atoms with E-state index in [-0.39, 0.29) is 16.4 Å². The highest BCUT2D eigenvalue weighted by molar-refractivity contribution is 8.00. The van der Waals surface area contributed by atoms with E-state index >= 15 is 0 Å². The Hall–Kier alpha value is -4.74. The highest BCUT2D eigenvalue weighted by Gasteiger charge is 2.31. The third kappa shape index (κ3) is 9.38. The van der Waals surface area contributed by atoms with Crippen LogP contribution in [0.1, 0.15) is 34.8 Å². The molecule has 1 atom stereocenters. The molecule has 0 aromatic heterocycles. The molecule has 0 saturated heterocycles. The Kier molecular flexibility index (Phi) is 11.5. The second-order valence-corrected chi connectivity index (χ2v) is 11.5. The largest absolute Gasteiger partial charge is 0.497 e. The molecule has 0 aliphatic carbocycles. The number of nitrogens with one attached hydrogen (secondary N) is 3. The smallest absolute Gasteiger partial charge is 0.416 e. The maximum Gasteiger partial charge on any atom is 0.416 e. The number of thioether (sulfide) groups is 1. The fraction of sp³-hybridized carbons (Fsp3) is 0.147. The summed E-state index contributed by atoms with van der Waals surface area (Å²) in [6, 6.07) is 24.8. The second kappa shape index (κ2) is 15.5. The van der Waals surface area contributed by atoms with E-state index in [1.54, 1.807) is 85.8 Å². The van der Waals surface area contributed by atoms with Crippen LogP contribution in [-0.4, -0.2) is 30.1 Å². The van der Waals surface area contributed by atoms with Crippen molar-refractivity contribution in [2.75, 3.05) is 17.7 Å². The number of halogens is 4. The summed E-state index contributed by atoms with van der Waals surface area (Å²) in [7, 11) is 1.52. The van der Waals surface area contributed by atoms with Gasteiger partial charge in [-0.25, -0.2) is 0 Å². The summed E-state index contributed by atoms with van der Waals surface area (Å²) in [5, 5.41) is 7.25. The lowest BCUT2D eigenvalue weighted by molar-refractivity contribution is -0.137. The van der Waals surface area contributed by atoms with Gasteiger partial charge in [0.25, 0.3) is 11.8 Å². The van der Waals surface area contributed by atoms with E-state index in [2.05, 4.69) is 16.0 Å². The number of alkyl halides is 3. The van der Waals surface area contributed by atoms with Crippen molar-refractivity contribution in [3.63, 3.8) is 0 Å². The van der Waals surface area contributed by atoms with E-state index in [1.165, 1.54) is 24.9 Å². The van der Waals surface area contributed by atoms with E-state index in [4.69, 9.17) is 16.3 Å². The number of amides is 3. The van der Waals surface area contributed by atoms with Crippen molar-refractivity contribution in [1.29, 1.82) is 0 Å². The summed E-state index contributed by atoms with van der Waals surface area (Å²) in [5.41, 5.74) is 0.256. The van der Waals surface area contributed by atoms with Crippen LogP contribution in [0.4, 0.5) is 24.5 Å². The second-order valence-electron chi connectivity index (χ2n) is 9.83. The van der Waals surface area contributed by atoms with Crippen LogP contribution in [0, 0.1) is 0 Å². The molecule has 7 nitrogen and oxygen atoms in total. The van der Waals surface area contributed by atoms with Gasteiger partial charge < -0.3 is 20.7 Å². The van der Waals surface area contributed by atoms with Crippen molar-refractivity contribution in [3.8, 4) is 5.75 Å². The van der Waals surface area contributed by atoms with Gasteiger partial charge in [0.15, 0.2) is 0 Å². The van der Waals surface area contributed by atoms with E-state index in [0.717, 1.165) is 18.2 Å². The lowest BCUT2D eigenvalue weighted by atomic mass is 10.1. The quantitative estimate of drug-likeness (QED) is 0.111. The Morgan fingerprint density at radius 1 is 0.913 bits per heavy atom. The van der Waals surface area contributed by atoms with Crippen LogP contribution in [0.15, 0.2) is 108 Å². The molecule has 4 aromatic rings. The molecule has 46 heavy (non-hydrogen) atoms. The number of carbonyl (C=O) groups excluding carboxylic acids is 3. The molecular weight excluding hydrogens is 639 g/mol. The van der Waals surface area contributed by atoms with Gasteiger partial charge >= 0.3 is 6.18 Å². The standard InChI is InChI=1S/C34H29ClF3N3O4S/c1-3-30(33(44)40-28-19-23(34(36,37)38)15-16-27(28)35)46-26-14-8-12-24(20-26)39-32(43)29(18-21-9-7-13-25(17-21)45-2)41-31(42)22-10-5-4-6-11-22/h4-20,30H,3H2,1-2H3,(H,39,43)(H,40,44)(H,41,42)/b29-18-. The van der Waals surface area contributed by atoms with Crippen LogP contribution in [0.25, 0.3) is 6.08 Å². The molecule has 0 heterocycles. The number of hydrogen-bond donors (Lipinski definition) is 3. The first-order valence-electron chi connectivity index (χ1n) is 13.9. The maximum absolute atomic E-state index is 13.5. The fourth-order valence-electron chi connectivity index (χ4n) is 4.18. The van der Waals surface area contributed by atoms with E-state index < -0.39 is 34.7 Å². The van der Waals surface area contributed by atoms with Crippen LogP contribution in [-0.2, 0) is 15.8 Å². The molecule has 0 bridgehead atoms. The molecule has 0 spiro atoms. The molecule has 0 fully saturated rings. The number of anilines is 2. The molecule has 0 aliphatic rings. The summed E-state index contributed by atoms with van der Waals surface area (Å²) >= 11 is 7.23. The summed E-state index contributed by atoms with van der Waals surface area (Å²) in [4.78, 5) is 40.1. The van der Waals surface area contributed by atoms with Crippen LogP contribution >= 0.6 is 23.4 Å². The van der Waals surface area contributed by atoms with E-state index in [1.807, 2.05) is 0 Å². The number of hydrogen-bond acceptors (Lipinski definition) is 5. The van der Waals surface area contributed by atoms with Gasteiger partial charge in [-0.05, 0) is 78.7 Å². The molecule has 12 heteroatoms. The van der Waals surface area contributed by atoms with Gasteiger partial charge in [0.1, 0.15) is 11.4 Å². The summed E-state index contributed by atoms with van der Waals surface area (Å²) < 4.78 is 44.8. The number of methoxy groups -OCH3 is 1. The number of benzene rings is 4. The van der Waals surface area contributed by atoms with Crippen LogP contribution < -0.4 is 20.7 Å². The van der Waals surface area contributed by atoms with E-state index in [0.29, 0.717) is 33.9 Å². The molecular formula is C34H29ClF3N3O4S. The van der Waals surface area contributed by atoms with Crippen molar-refractivity contribution in [3.05, 3.63) is 124 Å². The first-order chi connectivity index (χ1) is 22.0. The zero-order valence-electron chi connectivity index (χ0n) is 24.7. The average Bonchev–Trinajstić information content (AvgIpc) is 3.04. The predicted octanol–water partition coefficient (Wildman–Crippen LogP) is 8.29. The topological polar surface area (TPSA) is 96.5 Å². The molecule has 0 radical (unpaired) electrons. The minimum absolute atomic E-state index is 0.0241. The zero-order valence-corrected chi connectivity index (χ0v) is 26.2. The minimum Gasteiger partial charge on any atom is -0.497 e. The minimum atomic E-state index is -4.60. The van der Waals surface area contributed by atoms with Gasteiger partial charge in [-0.15, -0.1) is 11.8 Å². The van der Waals surface area contributed by atoms with Gasteiger partial charge in [-0.1, -0.05) is 54.9 Å². The number of ether oxygens (including phenoxy) is 1. The van der Waals surface area contributed by atoms with Crippen molar-refractivity contribution in [2.24, 2.45) is 0 Å². The Labute approximate surface area is 273 Å². The molecule has 0 aliphatic heterocycles. The van der Waals surface area contributed by atoms with Crippen molar-refractivity contribution in [1.82, 2.24) is 5.32 Å². The van der Waals surface area contributed by atoms with Crippen molar-refractivity contribution in [2.45, 2.75) is 29.7 Å². The predicted molar refractivity (Wildman–Crippen MR) is 175 cm³/mol. The van der Waals surface area contributed by atoms with Gasteiger partial charge in [-0.2, -0.15) is 13.2 Å². The third-order valence-corrected chi connectivity index (χ3v) is 8.21. The molecule has 4 rings (SSSR count). The molecule has 3 amide bonds. The highest BCUT2D eigenvalue weighted by atomic mass is 35.5. The van der Waals surface area contributed by atoms with Crippen LogP contribution in [0.2, 0.25) is 5.02 Å². The van der Waals surface area contributed by atoms with Crippen molar-refractivity contribution >= 4 is 58.5 Å². The monoisotopic (exact) mass is 667 g/mol. The zero-order chi connectivity index (χ0) is 33.3. The Morgan fingerprint density at radius 3 is 2.35 bits per heavy atom. The lowest BCUT2D eigenvalue weighted by Crippen LogP contribution is -2.30. The highest BCUT2D eigenvalue weighted by Crippen LogP contribution is 2.35. The first-order valence-corrected chi connectivity index (χ1v) is 15.2. The maximum atomic E-state index is 13.5.